The van der Waals surface area contributed by atoms with Crippen molar-refractivity contribution in [3.05, 3.63) is 72.1 Å². The van der Waals surface area contributed by atoms with Crippen molar-refractivity contribution in [3.8, 4) is 0 Å². The molecule has 0 saturated carbocycles. The number of rotatable bonds is 5. The molecule has 0 spiro atoms. The molecule has 0 aliphatic carbocycles. The zero-order valence-electron chi connectivity index (χ0n) is 16.8. The molecule has 2 aromatic rings. The molecule has 4 rings (SSSR count). The first-order chi connectivity index (χ1) is 13.7. The highest BCUT2D eigenvalue weighted by molar-refractivity contribution is 5.66. The lowest BCUT2D eigenvalue weighted by atomic mass is 10.00. The average Bonchev–Trinajstić information content (AvgIpc) is 2.76. The van der Waals surface area contributed by atoms with Gasteiger partial charge >= 0.3 is 0 Å². The number of hydrogen-bond acceptors (Lipinski definition) is 4. The molecule has 4 nitrogen and oxygen atoms in total. The van der Waals surface area contributed by atoms with E-state index in [0.717, 1.165) is 32.7 Å². The highest BCUT2D eigenvalue weighted by Gasteiger charge is 2.23. The Morgan fingerprint density at radius 2 is 1.75 bits per heavy atom. The summed E-state index contributed by atoms with van der Waals surface area (Å²) in [5, 5.41) is 0. The molecule has 1 fully saturated rings. The molecule has 0 amide bonds. The molecular weight excluding hydrogens is 346 g/mol. The molecule has 2 aliphatic heterocycles. The van der Waals surface area contributed by atoms with Gasteiger partial charge in [-0.2, -0.15) is 0 Å². The minimum Gasteiger partial charge on any atom is -0.378 e. The monoisotopic (exact) mass is 375 g/mol. The van der Waals surface area contributed by atoms with E-state index in [0.29, 0.717) is 5.92 Å². The summed E-state index contributed by atoms with van der Waals surface area (Å²) in [6.07, 6.45) is 5.07. The summed E-state index contributed by atoms with van der Waals surface area (Å²) in [7, 11) is 0. The van der Waals surface area contributed by atoms with Crippen LogP contribution in [0.5, 0.6) is 0 Å². The lowest BCUT2D eigenvalue weighted by molar-refractivity contribution is 0.122. The first kappa shape index (κ1) is 18.8. The Labute approximate surface area is 168 Å². The maximum atomic E-state index is 5.48. The van der Waals surface area contributed by atoms with Gasteiger partial charge in [-0.1, -0.05) is 37.3 Å². The summed E-state index contributed by atoms with van der Waals surface area (Å²) in [4.78, 5) is 9.33. The van der Waals surface area contributed by atoms with Crippen molar-refractivity contribution in [1.82, 2.24) is 0 Å². The van der Waals surface area contributed by atoms with E-state index < -0.39 is 0 Å². The summed E-state index contributed by atoms with van der Waals surface area (Å²) >= 11 is 0. The Morgan fingerprint density at radius 1 is 1.04 bits per heavy atom. The molecular formula is C24H29N3O. The molecule has 4 heteroatoms. The van der Waals surface area contributed by atoms with Gasteiger partial charge in [0.25, 0.3) is 0 Å². The van der Waals surface area contributed by atoms with Gasteiger partial charge in [0.15, 0.2) is 0 Å². The highest BCUT2D eigenvalue weighted by atomic mass is 16.5. The van der Waals surface area contributed by atoms with E-state index in [1.54, 1.807) is 0 Å². The predicted octanol–water partition coefficient (Wildman–Crippen LogP) is 5.04. The third kappa shape index (κ3) is 4.12. The third-order valence-electron chi connectivity index (χ3n) is 5.58. The van der Waals surface area contributed by atoms with Crippen molar-refractivity contribution in [1.29, 1.82) is 0 Å². The molecule has 1 unspecified atom stereocenters. The van der Waals surface area contributed by atoms with Gasteiger partial charge < -0.3 is 14.5 Å². The van der Waals surface area contributed by atoms with Gasteiger partial charge in [0, 0.05) is 42.6 Å². The minimum absolute atomic E-state index is 0.238. The fourth-order valence-corrected chi connectivity index (χ4v) is 4.04. The van der Waals surface area contributed by atoms with E-state index in [2.05, 4.69) is 83.2 Å². The van der Waals surface area contributed by atoms with Crippen molar-refractivity contribution >= 4 is 17.6 Å². The maximum Gasteiger partial charge on any atom is 0.0642 e. The molecule has 146 valence electrons. The molecule has 0 N–H and O–H groups in total. The second-order valence-corrected chi connectivity index (χ2v) is 7.67. The molecule has 28 heavy (non-hydrogen) atoms. The Hall–Kier alpha value is -2.59. The number of allylic oxidation sites excluding steroid dienone is 1. The van der Waals surface area contributed by atoms with Crippen molar-refractivity contribution in [3.63, 3.8) is 0 Å². The SMILES string of the molecule is CC1C=NC=C(N(c2ccc(N3CCOCC3)cc2)[C@@H](C)c2ccccc2)C1. The van der Waals surface area contributed by atoms with Crippen molar-refractivity contribution in [2.45, 2.75) is 26.3 Å². The van der Waals surface area contributed by atoms with Gasteiger partial charge in [0.2, 0.25) is 0 Å². The van der Waals surface area contributed by atoms with Crippen LogP contribution in [0.25, 0.3) is 0 Å². The number of hydrogen-bond donors (Lipinski definition) is 0. The maximum absolute atomic E-state index is 5.48. The van der Waals surface area contributed by atoms with E-state index in [-0.39, 0.29) is 6.04 Å². The zero-order chi connectivity index (χ0) is 19.3. The Bertz CT molecular complexity index is 823. The fraction of sp³-hybridized carbons (Fsp3) is 0.375. The average molecular weight is 376 g/mol. The second kappa shape index (κ2) is 8.61. The summed E-state index contributed by atoms with van der Waals surface area (Å²) in [5.74, 6) is 0.457. The van der Waals surface area contributed by atoms with Gasteiger partial charge in [-0.15, -0.1) is 0 Å². The number of ether oxygens (including phenoxy) is 1. The Balaban J connectivity index is 1.65. The summed E-state index contributed by atoms with van der Waals surface area (Å²) in [5.41, 5.74) is 5.06. The molecule has 2 heterocycles. The number of anilines is 2. The van der Waals surface area contributed by atoms with Gasteiger partial charge in [0.05, 0.1) is 19.3 Å². The Kier molecular flexibility index (Phi) is 5.77. The second-order valence-electron chi connectivity index (χ2n) is 7.67. The summed E-state index contributed by atoms with van der Waals surface area (Å²) < 4.78 is 5.48. The number of morpholine rings is 1. The van der Waals surface area contributed by atoms with Crippen LogP contribution in [0.1, 0.15) is 31.9 Å². The van der Waals surface area contributed by atoms with Crippen LogP contribution in [-0.2, 0) is 4.74 Å². The summed E-state index contributed by atoms with van der Waals surface area (Å²) in [6, 6.07) is 19.9. The first-order valence-electron chi connectivity index (χ1n) is 10.2. The van der Waals surface area contributed by atoms with E-state index in [9.17, 15) is 0 Å². The van der Waals surface area contributed by atoms with Gasteiger partial charge in [-0.05, 0) is 49.1 Å². The molecule has 0 aromatic heterocycles. The van der Waals surface area contributed by atoms with Crippen LogP contribution in [0.2, 0.25) is 0 Å². The molecule has 0 bridgehead atoms. The van der Waals surface area contributed by atoms with Crippen LogP contribution in [0, 0.1) is 5.92 Å². The fourth-order valence-electron chi connectivity index (χ4n) is 4.04. The zero-order valence-corrected chi connectivity index (χ0v) is 16.8. The third-order valence-corrected chi connectivity index (χ3v) is 5.58. The van der Waals surface area contributed by atoms with Crippen LogP contribution in [0.4, 0.5) is 11.4 Å². The van der Waals surface area contributed by atoms with Gasteiger partial charge in [0.1, 0.15) is 0 Å². The minimum atomic E-state index is 0.238. The summed E-state index contributed by atoms with van der Waals surface area (Å²) in [6.45, 7) is 8.03. The van der Waals surface area contributed by atoms with Crippen LogP contribution < -0.4 is 9.80 Å². The molecule has 2 aliphatic rings. The van der Waals surface area contributed by atoms with E-state index >= 15 is 0 Å². The van der Waals surface area contributed by atoms with Crippen molar-refractivity contribution < 1.29 is 4.74 Å². The van der Waals surface area contributed by atoms with E-state index in [1.807, 2.05) is 12.4 Å². The van der Waals surface area contributed by atoms with Crippen molar-refractivity contribution in [2.75, 3.05) is 36.1 Å². The van der Waals surface area contributed by atoms with Crippen LogP contribution >= 0.6 is 0 Å². The van der Waals surface area contributed by atoms with Crippen LogP contribution in [0.3, 0.4) is 0 Å². The van der Waals surface area contributed by atoms with E-state index in [1.165, 1.54) is 22.6 Å². The lowest BCUT2D eigenvalue weighted by Gasteiger charge is -2.36. The number of aliphatic imine (C=N–C) groups is 1. The van der Waals surface area contributed by atoms with Crippen LogP contribution in [-0.4, -0.2) is 32.5 Å². The van der Waals surface area contributed by atoms with E-state index in [4.69, 9.17) is 4.74 Å². The molecule has 2 aromatic carbocycles. The predicted molar refractivity (Wildman–Crippen MR) is 117 cm³/mol. The molecule has 2 atom stereocenters. The first-order valence-corrected chi connectivity index (χ1v) is 10.2. The van der Waals surface area contributed by atoms with Gasteiger partial charge in [-0.3, -0.25) is 4.99 Å². The lowest BCUT2D eigenvalue weighted by Crippen LogP contribution is -2.36. The largest absolute Gasteiger partial charge is 0.378 e. The molecule has 1 saturated heterocycles. The highest BCUT2D eigenvalue weighted by Crippen LogP contribution is 2.35. The number of benzene rings is 2. The van der Waals surface area contributed by atoms with Crippen molar-refractivity contribution in [2.24, 2.45) is 10.9 Å². The van der Waals surface area contributed by atoms with Gasteiger partial charge in [-0.25, -0.2) is 0 Å². The number of nitrogens with zero attached hydrogens (tertiary/aromatic N) is 3. The standard InChI is InChI=1S/C24H29N3O/c1-19-16-24(18-25-17-19)27(20(2)21-6-4-3-5-7-21)23-10-8-22(9-11-23)26-12-14-28-15-13-26/h3-11,17-20H,12-16H2,1-2H3/t19?,20-/m0/s1. The van der Waals surface area contributed by atoms with Crippen LogP contribution in [0.15, 0.2) is 71.5 Å². The molecule has 0 radical (unpaired) electrons. The quantitative estimate of drug-likeness (QED) is 0.733. The normalized spacial score (nSPS) is 20.6. The Morgan fingerprint density at radius 3 is 2.43 bits per heavy atom. The smallest absolute Gasteiger partial charge is 0.0642 e. The topological polar surface area (TPSA) is 28.1 Å².